The molecule has 0 N–H and O–H groups in total. The lowest BCUT2D eigenvalue weighted by Crippen LogP contribution is -2.17. The topological polar surface area (TPSA) is 44.8 Å². The molecule has 0 aliphatic rings. The molecule has 53 heavy (non-hydrogen) atoms. The van der Waals surface area contributed by atoms with Crippen molar-refractivity contribution < 1.29 is 19.0 Å². The molecule has 310 valence electrons. The van der Waals surface area contributed by atoms with Crippen molar-refractivity contribution in [3.05, 3.63) is 23.8 Å². The first kappa shape index (κ1) is 49.3. The number of benzene rings is 1. The van der Waals surface area contributed by atoms with Crippen LogP contribution in [0.5, 0.6) is 11.5 Å². The van der Waals surface area contributed by atoms with Gasteiger partial charge in [-0.05, 0) is 62.6 Å². The average molecular weight is 743 g/mol. The smallest absolute Gasteiger partial charge is 0.305 e. The summed E-state index contributed by atoms with van der Waals surface area (Å²) in [6.45, 7) is 9.65. The molecule has 4 nitrogen and oxygen atoms in total. The average Bonchev–Trinajstić information content (AvgIpc) is 3.16. The molecular weight excluding hydrogens is 653 g/mol. The highest BCUT2D eigenvalue weighted by molar-refractivity contribution is 5.69. The summed E-state index contributed by atoms with van der Waals surface area (Å²) >= 11 is 0. The molecule has 0 aliphatic heterocycles. The van der Waals surface area contributed by atoms with Gasteiger partial charge in [-0.2, -0.15) is 0 Å². The number of carbonyl (C=O) groups excluding carboxylic acids is 1. The molecular formula is C49H90O4. The van der Waals surface area contributed by atoms with Gasteiger partial charge in [0.15, 0.2) is 0 Å². The summed E-state index contributed by atoms with van der Waals surface area (Å²) in [5, 5.41) is 0. The maximum atomic E-state index is 12.0. The molecule has 0 heterocycles. The van der Waals surface area contributed by atoms with Crippen molar-refractivity contribution >= 4 is 5.97 Å². The predicted molar refractivity (Wildman–Crippen MR) is 231 cm³/mol. The molecule has 0 amide bonds. The van der Waals surface area contributed by atoms with Gasteiger partial charge in [0.2, 0.25) is 0 Å². The van der Waals surface area contributed by atoms with Crippen molar-refractivity contribution in [1.29, 1.82) is 0 Å². The van der Waals surface area contributed by atoms with Crippen LogP contribution in [0, 0.1) is 0 Å². The van der Waals surface area contributed by atoms with Crippen LogP contribution < -0.4 is 9.47 Å². The second kappa shape index (κ2) is 38.6. The quantitative estimate of drug-likeness (QED) is 0.0495. The summed E-state index contributed by atoms with van der Waals surface area (Å²) in [6.07, 6.45) is 45.3. The Labute approximate surface area is 331 Å². The van der Waals surface area contributed by atoms with Crippen LogP contribution in [-0.2, 0) is 16.0 Å². The first-order valence-electron chi connectivity index (χ1n) is 23.7. The highest BCUT2D eigenvalue weighted by Gasteiger charge is 2.13. The van der Waals surface area contributed by atoms with E-state index in [1.165, 1.54) is 192 Å². The van der Waals surface area contributed by atoms with Gasteiger partial charge >= 0.3 is 5.97 Å². The van der Waals surface area contributed by atoms with Crippen LogP contribution in [0.25, 0.3) is 0 Å². The zero-order valence-electron chi connectivity index (χ0n) is 36.1. The standard InChI is InChI=1S/C49H90O4/c1-5-9-13-16-19-22-23-24-25-26-27-30-33-36-45-42-47(51-40-41-52-49(50)39-12-8-4)44-48(43-45)53-46(37-34-31-28-20-17-14-10-6-2)38-35-32-29-21-18-15-11-7-3/h42-44,46H,5-41H2,1-4H3. The third-order valence-corrected chi connectivity index (χ3v) is 10.9. The van der Waals surface area contributed by atoms with Gasteiger partial charge in [0, 0.05) is 12.5 Å². The molecule has 0 radical (unpaired) electrons. The Kier molecular flexibility index (Phi) is 35.9. The maximum Gasteiger partial charge on any atom is 0.305 e. The van der Waals surface area contributed by atoms with E-state index < -0.39 is 0 Å². The van der Waals surface area contributed by atoms with Crippen LogP contribution in [0.4, 0.5) is 0 Å². The number of unbranched alkanes of at least 4 members (excludes halogenated alkanes) is 27. The third kappa shape index (κ3) is 32.3. The maximum absolute atomic E-state index is 12.0. The molecule has 4 heteroatoms. The van der Waals surface area contributed by atoms with Crippen LogP contribution in [0.1, 0.15) is 252 Å². The van der Waals surface area contributed by atoms with Gasteiger partial charge in [-0.25, -0.2) is 0 Å². The molecule has 0 atom stereocenters. The Balaban J connectivity index is 2.72. The highest BCUT2D eigenvalue weighted by Crippen LogP contribution is 2.28. The van der Waals surface area contributed by atoms with Crippen molar-refractivity contribution in [1.82, 2.24) is 0 Å². The Bertz CT molecular complexity index is 894. The molecule has 0 unspecified atom stereocenters. The summed E-state index contributed by atoms with van der Waals surface area (Å²) < 4.78 is 18.5. The highest BCUT2D eigenvalue weighted by atomic mass is 16.6. The minimum atomic E-state index is -0.125. The van der Waals surface area contributed by atoms with Crippen molar-refractivity contribution in [2.24, 2.45) is 0 Å². The van der Waals surface area contributed by atoms with Crippen molar-refractivity contribution in [3.8, 4) is 11.5 Å². The molecule has 0 fully saturated rings. The second-order valence-corrected chi connectivity index (χ2v) is 16.2. The Hall–Kier alpha value is -1.71. The van der Waals surface area contributed by atoms with Gasteiger partial charge in [0.05, 0.1) is 6.10 Å². The van der Waals surface area contributed by atoms with Gasteiger partial charge in [-0.15, -0.1) is 0 Å². The minimum absolute atomic E-state index is 0.125. The zero-order valence-corrected chi connectivity index (χ0v) is 36.1. The van der Waals surface area contributed by atoms with E-state index in [-0.39, 0.29) is 12.1 Å². The lowest BCUT2D eigenvalue weighted by Gasteiger charge is -2.21. The summed E-state index contributed by atoms with van der Waals surface area (Å²) in [5.41, 5.74) is 1.30. The fraction of sp³-hybridized carbons (Fsp3) is 0.857. The van der Waals surface area contributed by atoms with E-state index in [1.807, 2.05) is 0 Å². The monoisotopic (exact) mass is 743 g/mol. The summed E-state index contributed by atoms with van der Waals surface area (Å²) in [7, 11) is 0. The van der Waals surface area contributed by atoms with E-state index in [0.717, 1.165) is 43.6 Å². The molecule has 0 bridgehead atoms. The second-order valence-electron chi connectivity index (χ2n) is 16.2. The first-order chi connectivity index (χ1) is 26.1. The molecule has 0 saturated carbocycles. The lowest BCUT2D eigenvalue weighted by molar-refractivity contribution is -0.144. The van der Waals surface area contributed by atoms with Crippen LogP contribution in [0.15, 0.2) is 18.2 Å². The number of hydrogen-bond acceptors (Lipinski definition) is 4. The molecule has 0 spiro atoms. The van der Waals surface area contributed by atoms with Gasteiger partial charge in [-0.3, -0.25) is 4.79 Å². The van der Waals surface area contributed by atoms with Gasteiger partial charge in [0.1, 0.15) is 24.7 Å². The Morgan fingerprint density at radius 3 is 1.30 bits per heavy atom. The summed E-state index contributed by atoms with van der Waals surface area (Å²) in [4.78, 5) is 12.0. The van der Waals surface area contributed by atoms with Crippen molar-refractivity contribution in [2.45, 2.75) is 259 Å². The molecule has 1 aromatic carbocycles. The molecule has 0 aromatic heterocycles. The van der Waals surface area contributed by atoms with Gasteiger partial charge < -0.3 is 14.2 Å². The number of rotatable bonds is 41. The van der Waals surface area contributed by atoms with E-state index in [1.54, 1.807) is 0 Å². The van der Waals surface area contributed by atoms with Crippen molar-refractivity contribution in [3.63, 3.8) is 0 Å². The number of carbonyl (C=O) groups is 1. The zero-order chi connectivity index (χ0) is 38.3. The van der Waals surface area contributed by atoms with E-state index in [0.29, 0.717) is 19.6 Å². The molecule has 1 aromatic rings. The van der Waals surface area contributed by atoms with Crippen LogP contribution in [0.3, 0.4) is 0 Å². The molecule has 1 rings (SSSR count). The number of esters is 1. The van der Waals surface area contributed by atoms with Crippen LogP contribution >= 0.6 is 0 Å². The Morgan fingerprint density at radius 1 is 0.453 bits per heavy atom. The van der Waals surface area contributed by atoms with E-state index in [9.17, 15) is 4.79 Å². The SMILES string of the molecule is CCCCCCCCCCCCCCCc1cc(OCCOC(=O)CCCC)cc(OC(CCCCCCCCCC)CCCCCCCCCC)c1. The number of aryl methyl sites for hydroxylation is 1. The molecule has 0 saturated heterocycles. The Morgan fingerprint density at radius 2 is 0.849 bits per heavy atom. The number of hydrogen-bond donors (Lipinski definition) is 0. The van der Waals surface area contributed by atoms with Gasteiger partial charge in [0.25, 0.3) is 0 Å². The van der Waals surface area contributed by atoms with Crippen molar-refractivity contribution in [2.75, 3.05) is 13.2 Å². The summed E-state index contributed by atoms with van der Waals surface area (Å²) in [6, 6.07) is 6.56. The van der Waals surface area contributed by atoms with E-state index in [4.69, 9.17) is 14.2 Å². The van der Waals surface area contributed by atoms with E-state index in [2.05, 4.69) is 45.9 Å². The lowest BCUT2D eigenvalue weighted by atomic mass is 10.0. The fourth-order valence-electron chi connectivity index (χ4n) is 7.45. The normalized spacial score (nSPS) is 11.4. The van der Waals surface area contributed by atoms with Crippen LogP contribution in [-0.4, -0.2) is 25.3 Å². The minimum Gasteiger partial charge on any atom is -0.490 e. The third-order valence-electron chi connectivity index (χ3n) is 10.9. The van der Waals surface area contributed by atoms with Gasteiger partial charge in [-0.1, -0.05) is 201 Å². The fourth-order valence-corrected chi connectivity index (χ4v) is 7.45. The predicted octanol–water partition coefficient (Wildman–Crippen LogP) is 16.2. The summed E-state index contributed by atoms with van der Waals surface area (Å²) in [5.74, 6) is 1.67. The van der Waals surface area contributed by atoms with E-state index >= 15 is 0 Å². The first-order valence-corrected chi connectivity index (χ1v) is 23.7. The largest absolute Gasteiger partial charge is 0.490 e. The molecule has 0 aliphatic carbocycles. The van der Waals surface area contributed by atoms with Crippen LogP contribution in [0.2, 0.25) is 0 Å². The number of ether oxygens (including phenoxy) is 3.